The number of aliphatic hydroxyl groups is 1. The number of hydrogen-bond donors (Lipinski definition) is 3. The Kier molecular flexibility index (Phi) is 3.59. The summed E-state index contributed by atoms with van der Waals surface area (Å²) in [5, 5.41) is 13.0. The number of pyridine rings is 1. The summed E-state index contributed by atoms with van der Waals surface area (Å²) >= 11 is 0. The lowest BCUT2D eigenvalue weighted by atomic mass is 10.3. The highest BCUT2D eigenvalue weighted by molar-refractivity contribution is 5.67. The molecule has 0 aliphatic carbocycles. The quantitative estimate of drug-likeness (QED) is 0.544. The molecule has 21 heavy (non-hydrogen) atoms. The van der Waals surface area contributed by atoms with Crippen LogP contribution in [-0.2, 0) is 4.79 Å². The van der Waals surface area contributed by atoms with E-state index in [9.17, 15) is 9.90 Å². The van der Waals surface area contributed by atoms with Crippen molar-refractivity contribution in [3.63, 3.8) is 0 Å². The van der Waals surface area contributed by atoms with Crippen molar-refractivity contribution in [3.8, 4) is 0 Å². The molecule has 1 aromatic rings. The number of nitrogens with two attached hydrogens (primary N) is 1. The van der Waals surface area contributed by atoms with Crippen LogP contribution in [0.25, 0.3) is 0 Å². The van der Waals surface area contributed by atoms with Crippen LogP contribution in [0.3, 0.4) is 0 Å². The zero-order valence-electron chi connectivity index (χ0n) is 12.0. The number of amides is 1. The second kappa shape index (κ2) is 5.40. The molecule has 7 nitrogen and oxygen atoms in total. The second-order valence-corrected chi connectivity index (χ2v) is 5.61. The summed E-state index contributed by atoms with van der Waals surface area (Å²) in [5.41, 5.74) is 6.68. The number of aromatic nitrogens is 1. The molecule has 1 amide bonds. The summed E-state index contributed by atoms with van der Waals surface area (Å²) in [4.78, 5) is 19.2. The average Bonchev–Trinajstić information content (AvgIpc) is 3.10. The molecule has 0 bridgehead atoms. The first kappa shape index (κ1) is 13.9. The Morgan fingerprint density at radius 2 is 2.05 bits per heavy atom. The summed E-state index contributed by atoms with van der Waals surface area (Å²) in [7, 11) is 0. The molecule has 0 saturated carbocycles. The van der Waals surface area contributed by atoms with Gasteiger partial charge in [-0.1, -0.05) is 0 Å². The van der Waals surface area contributed by atoms with Crippen LogP contribution in [0.2, 0.25) is 0 Å². The number of anilines is 3. The van der Waals surface area contributed by atoms with Crippen molar-refractivity contribution in [2.45, 2.75) is 31.5 Å². The Hall–Kier alpha value is -2.02. The molecule has 2 aliphatic heterocycles. The van der Waals surface area contributed by atoms with E-state index in [2.05, 4.69) is 15.2 Å². The summed E-state index contributed by atoms with van der Waals surface area (Å²) in [6.45, 7) is 2.56. The third-order valence-electron chi connectivity index (χ3n) is 4.22. The molecule has 7 heteroatoms. The van der Waals surface area contributed by atoms with Crippen LogP contribution < -0.4 is 20.9 Å². The fourth-order valence-electron chi connectivity index (χ4n) is 3.13. The van der Waals surface area contributed by atoms with Gasteiger partial charge in [0.2, 0.25) is 12.3 Å². The minimum atomic E-state index is -1.35. The van der Waals surface area contributed by atoms with Crippen molar-refractivity contribution < 1.29 is 9.90 Å². The van der Waals surface area contributed by atoms with Crippen LogP contribution in [0, 0.1) is 0 Å². The van der Waals surface area contributed by atoms with Gasteiger partial charge in [0.15, 0.2) is 5.82 Å². The van der Waals surface area contributed by atoms with Gasteiger partial charge in [-0.15, -0.1) is 0 Å². The number of hydrogen-bond acceptors (Lipinski definition) is 6. The molecular weight excluding hydrogens is 270 g/mol. The lowest BCUT2D eigenvalue weighted by molar-refractivity contribution is -0.116. The van der Waals surface area contributed by atoms with Crippen molar-refractivity contribution in [2.24, 2.45) is 0 Å². The van der Waals surface area contributed by atoms with Crippen LogP contribution in [0.4, 0.5) is 17.3 Å². The molecule has 2 saturated heterocycles. The normalized spacial score (nSPS) is 25.4. The van der Waals surface area contributed by atoms with Crippen molar-refractivity contribution in [1.29, 1.82) is 0 Å². The van der Waals surface area contributed by atoms with E-state index >= 15 is 0 Å². The summed E-state index contributed by atoms with van der Waals surface area (Å²) < 4.78 is 0. The molecule has 3 heterocycles. The van der Waals surface area contributed by atoms with E-state index in [4.69, 9.17) is 5.73 Å². The molecule has 0 aromatic carbocycles. The van der Waals surface area contributed by atoms with Gasteiger partial charge >= 0.3 is 0 Å². The Morgan fingerprint density at radius 3 is 2.76 bits per heavy atom. The van der Waals surface area contributed by atoms with Crippen LogP contribution >= 0.6 is 0 Å². The standard InChI is InChI=1S/C14H21N5O2/c15-11-4-5-12(17-13(11)18-7-1-2-8-18)19-9-3-6-14(19,21)16-10-20/h4-5,10,21H,1-3,6-9,15H2,(H,16,20). The highest BCUT2D eigenvalue weighted by atomic mass is 16.3. The van der Waals surface area contributed by atoms with Gasteiger partial charge in [-0.3, -0.25) is 4.79 Å². The number of rotatable bonds is 4. The van der Waals surface area contributed by atoms with Crippen LogP contribution in [0.5, 0.6) is 0 Å². The monoisotopic (exact) mass is 291 g/mol. The van der Waals surface area contributed by atoms with Gasteiger partial charge in [-0.25, -0.2) is 4.98 Å². The highest BCUT2D eigenvalue weighted by Crippen LogP contribution is 2.33. The molecule has 2 aliphatic rings. The lowest BCUT2D eigenvalue weighted by Crippen LogP contribution is -2.55. The first-order valence-corrected chi connectivity index (χ1v) is 7.37. The van der Waals surface area contributed by atoms with E-state index in [0.717, 1.165) is 38.2 Å². The zero-order chi connectivity index (χ0) is 14.9. The van der Waals surface area contributed by atoms with Gasteiger partial charge in [0, 0.05) is 26.1 Å². The van der Waals surface area contributed by atoms with Crippen molar-refractivity contribution >= 4 is 23.7 Å². The molecular formula is C14H21N5O2. The summed E-state index contributed by atoms with van der Waals surface area (Å²) in [6, 6.07) is 3.60. The van der Waals surface area contributed by atoms with E-state index in [1.54, 1.807) is 11.0 Å². The Labute approximate surface area is 123 Å². The van der Waals surface area contributed by atoms with Crippen LogP contribution in [0.15, 0.2) is 12.1 Å². The SMILES string of the molecule is Nc1ccc(N2CCCC2(O)NC=O)nc1N1CCCC1. The van der Waals surface area contributed by atoms with Gasteiger partial charge in [0.05, 0.1) is 5.69 Å². The molecule has 1 unspecified atom stereocenters. The maximum absolute atomic E-state index is 10.7. The molecule has 4 N–H and O–H groups in total. The van der Waals surface area contributed by atoms with Crippen molar-refractivity contribution in [3.05, 3.63) is 12.1 Å². The number of carbonyl (C=O) groups is 1. The van der Waals surface area contributed by atoms with Gasteiger partial charge in [0.1, 0.15) is 5.82 Å². The summed E-state index contributed by atoms with van der Waals surface area (Å²) in [6.07, 6.45) is 4.09. The predicted molar refractivity (Wildman–Crippen MR) is 80.8 cm³/mol. The van der Waals surface area contributed by atoms with Crippen LogP contribution in [-0.4, -0.2) is 42.0 Å². The van der Waals surface area contributed by atoms with E-state index in [1.165, 1.54) is 0 Å². The maximum atomic E-state index is 10.7. The number of nitrogen functional groups attached to an aromatic ring is 1. The van der Waals surface area contributed by atoms with Gasteiger partial charge in [0.25, 0.3) is 0 Å². The van der Waals surface area contributed by atoms with E-state index in [-0.39, 0.29) is 0 Å². The number of carbonyl (C=O) groups excluding carboxylic acids is 1. The third-order valence-corrected chi connectivity index (χ3v) is 4.22. The maximum Gasteiger partial charge on any atom is 0.219 e. The molecule has 3 rings (SSSR count). The van der Waals surface area contributed by atoms with Gasteiger partial charge in [-0.05, 0) is 31.4 Å². The number of nitrogens with zero attached hydrogens (tertiary/aromatic N) is 3. The third kappa shape index (κ3) is 2.49. The number of nitrogens with one attached hydrogen (secondary N) is 1. The molecule has 114 valence electrons. The first-order chi connectivity index (χ1) is 10.1. The van der Waals surface area contributed by atoms with E-state index in [0.29, 0.717) is 30.9 Å². The smallest absolute Gasteiger partial charge is 0.219 e. The largest absolute Gasteiger partial charge is 0.396 e. The minimum Gasteiger partial charge on any atom is -0.396 e. The van der Waals surface area contributed by atoms with Gasteiger partial charge < -0.3 is 26.0 Å². The fourth-order valence-corrected chi connectivity index (χ4v) is 3.13. The van der Waals surface area contributed by atoms with Crippen molar-refractivity contribution in [1.82, 2.24) is 10.3 Å². The Balaban J connectivity index is 1.91. The predicted octanol–water partition coefficient (Wildman–Crippen LogP) is 0.256. The fraction of sp³-hybridized carbons (Fsp3) is 0.571. The molecule has 0 spiro atoms. The molecule has 1 aromatic heterocycles. The second-order valence-electron chi connectivity index (χ2n) is 5.61. The minimum absolute atomic E-state index is 0.483. The highest BCUT2D eigenvalue weighted by Gasteiger charge is 2.40. The lowest BCUT2D eigenvalue weighted by Gasteiger charge is -2.34. The average molecular weight is 291 g/mol. The topological polar surface area (TPSA) is 94.7 Å². The molecule has 0 radical (unpaired) electrons. The molecule has 1 atom stereocenters. The first-order valence-electron chi connectivity index (χ1n) is 7.37. The van der Waals surface area contributed by atoms with Gasteiger partial charge in [-0.2, -0.15) is 0 Å². The van der Waals surface area contributed by atoms with Crippen LogP contribution in [0.1, 0.15) is 25.7 Å². The Morgan fingerprint density at radius 1 is 1.29 bits per heavy atom. The molecule has 2 fully saturated rings. The van der Waals surface area contributed by atoms with Crippen molar-refractivity contribution in [2.75, 3.05) is 35.2 Å². The zero-order valence-corrected chi connectivity index (χ0v) is 12.0. The Bertz CT molecular complexity index is 532. The van der Waals surface area contributed by atoms with E-state index < -0.39 is 5.85 Å². The summed E-state index contributed by atoms with van der Waals surface area (Å²) in [5.74, 6) is 0.0541. The van der Waals surface area contributed by atoms with E-state index in [1.807, 2.05) is 6.07 Å².